The molecule has 2 aliphatic carbocycles. The Hall–Kier alpha value is -3.39. The summed E-state index contributed by atoms with van der Waals surface area (Å²) >= 11 is 0. The third-order valence-electron chi connectivity index (χ3n) is 5.72. The number of nitrogens with two attached hydrogens (primary N) is 1. The average Bonchev–Trinajstić information content (AvgIpc) is 3.38. The minimum atomic E-state index is -4.77. The second kappa shape index (κ2) is 12.4. The maximum atomic E-state index is 10.8. The number of fused-ring (bicyclic) bond motifs is 1. The maximum absolute atomic E-state index is 10.8. The predicted molar refractivity (Wildman–Crippen MR) is 137 cm³/mol. The van der Waals surface area contributed by atoms with Gasteiger partial charge in [-0.1, -0.05) is 42.5 Å². The lowest BCUT2D eigenvalue weighted by molar-refractivity contribution is -0.137. The van der Waals surface area contributed by atoms with Crippen molar-refractivity contribution in [3.8, 4) is 0 Å². The number of anilines is 2. The molecule has 2 aliphatic rings. The summed E-state index contributed by atoms with van der Waals surface area (Å²) in [7, 11) is -4.77. The lowest BCUT2D eigenvalue weighted by atomic mass is 10.1. The van der Waals surface area contributed by atoms with Gasteiger partial charge in [-0.25, -0.2) is 9.55 Å². The number of imidazole rings is 1. The molecule has 2 atom stereocenters. The van der Waals surface area contributed by atoms with Crippen LogP contribution in [-0.2, 0) is 25.3 Å². The number of phosphoric acid groups is 1. The van der Waals surface area contributed by atoms with Gasteiger partial charge < -0.3 is 25.2 Å². The number of nitrogens with zero attached hydrogens (tertiary/aromatic N) is 4. The molecule has 38 heavy (non-hydrogen) atoms. The van der Waals surface area contributed by atoms with Gasteiger partial charge in [-0.15, -0.1) is 0 Å². The van der Waals surface area contributed by atoms with Gasteiger partial charge >= 0.3 is 13.8 Å². The van der Waals surface area contributed by atoms with Crippen LogP contribution in [0.2, 0.25) is 0 Å². The van der Waals surface area contributed by atoms with Crippen LogP contribution >= 0.6 is 7.82 Å². The molecule has 5 rings (SSSR count). The van der Waals surface area contributed by atoms with E-state index in [2.05, 4.69) is 36.3 Å². The quantitative estimate of drug-likeness (QED) is 0.0920. The fraction of sp³-hybridized carbons (Fsp3) is 0.391. The Labute approximate surface area is 218 Å². The van der Waals surface area contributed by atoms with E-state index in [1.165, 1.54) is 0 Å². The van der Waals surface area contributed by atoms with E-state index in [1.54, 1.807) is 6.33 Å². The molecule has 0 aliphatic heterocycles. The standard InChI is InChI=1S/C14H18N6O.C9H12NO6P/c15-14-18-12(17-9-2-3-9)11-13(19-14)20(7-16-11)10-4-1-8(5-10)6-21;11-9(16-17(12,13)14)6-10-15-7-8-4-2-1-3-5-8/h1,4,7-10,21H,2-3,5-6H2,(H3,15,17,18,19);1-5,10H,6-7H2,(H2,12,13,14)/t8-,10+;/m1./s1. The van der Waals surface area contributed by atoms with E-state index in [1.807, 2.05) is 41.0 Å². The van der Waals surface area contributed by atoms with Crippen LogP contribution in [0.25, 0.3) is 11.2 Å². The summed E-state index contributed by atoms with van der Waals surface area (Å²) in [5, 5.41) is 12.6. The Morgan fingerprint density at radius 2 is 1.95 bits per heavy atom. The Morgan fingerprint density at radius 3 is 2.61 bits per heavy atom. The Bertz CT molecular complexity index is 1310. The van der Waals surface area contributed by atoms with Gasteiger partial charge in [0.1, 0.15) is 6.54 Å². The molecule has 2 aromatic heterocycles. The molecule has 1 saturated carbocycles. The second-order valence-corrected chi connectivity index (χ2v) is 10.0. The number of nitrogen functional groups attached to an aromatic ring is 1. The maximum Gasteiger partial charge on any atom is 0.527 e. The van der Waals surface area contributed by atoms with Gasteiger partial charge in [0.15, 0.2) is 17.0 Å². The van der Waals surface area contributed by atoms with Crippen LogP contribution in [0, 0.1) is 5.92 Å². The Kier molecular flexibility index (Phi) is 9.05. The number of rotatable bonds is 10. The minimum Gasteiger partial charge on any atom is -0.396 e. The summed E-state index contributed by atoms with van der Waals surface area (Å²) in [6, 6.07) is 9.83. The van der Waals surface area contributed by atoms with Gasteiger partial charge in [-0.05, 0) is 24.8 Å². The van der Waals surface area contributed by atoms with E-state index < -0.39 is 20.3 Å². The van der Waals surface area contributed by atoms with Crippen molar-refractivity contribution in [2.24, 2.45) is 5.92 Å². The monoisotopic (exact) mass is 547 g/mol. The third kappa shape index (κ3) is 8.05. The molecule has 0 radical (unpaired) electrons. The summed E-state index contributed by atoms with van der Waals surface area (Å²) in [6.45, 7) is -0.0484. The number of nitrogens with one attached hydrogen (secondary N) is 2. The molecular weight excluding hydrogens is 517 g/mol. The number of aromatic nitrogens is 4. The largest absolute Gasteiger partial charge is 0.527 e. The molecule has 0 bridgehead atoms. The molecule has 0 amide bonds. The number of aliphatic hydroxyl groups excluding tert-OH is 1. The molecular formula is C23H30N7O7P. The van der Waals surface area contributed by atoms with E-state index in [-0.39, 0.29) is 31.1 Å². The number of carbonyl (C=O) groups is 1. The van der Waals surface area contributed by atoms with Crippen LogP contribution in [0.1, 0.15) is 30.9 Å². The fourth-order valence-electron chi connectivity index (χ4n) is 3.78. The Balaban J connectivity index is 0.000000182. The van der Waals surface area contributed by atoms with Gasteiger partial charge in [0, 0.05) is 18.6 Å². The van der Waals surface area contributed by atoms with Crippen molar-refractivity contribution < 1.29 is 33.6 Å². The zero-order valence-electron chi connectivity index (χ0n) is 20.4. The van der Waals surface area contributed by atoms with Crippen molar-refractivity contribution in [1.82, 2.24) is 25.0 Å². The number of carbonyl (C=O) groups excluding carboxylic acids is 1. The topological polar surface area (TPSA) is 207 Å². The molecule has 0 spiro atoms. The van der Waals surface area contributed by atoms with Crippen molar-refractivity contribution in [2.75, 3.05) is 24.2 Å². The number of hydrogen-bond donors (Lipinski definition) is 6. The first-order valence-electron chi connectivity index (χ1n) is 11.9. The zero-order chi connectivity index (χ0) is 27.1. The van der Waals surface area contributed by atoms with Crippen molar-refractivity contribution in [3.63, 3.8) is 0 Å². The van der Waals surface area contributed by atoms with Crippen molar-refractivity contribution in [2.45, 2.75) is 38.0 Å². The predicted octanol–water partition coefficient (Wildman–Crippen LogP) is 1.44. The molecule has 3 aromatic rings. The summed E-state index contributed by atoms with van der Waals surface area (Å²) < 4.78 is 16.1. The molecule has 15 heteroatoms. The van der Waals surface area contributed by atoms with Crippen LogP contribution < -0.4 is 16.5 Å². The number of allylic oxidation sites excluding steroid dienone is 1. The molecule has 2 heterocycles. The summed E-state index contributed by atoms with van der Waals surface area (Å²) in [5.74, 6) is 0.0922. The molecule has 14 nitrogen and oxygen atoms in total. The number of hydrogen-bond acceptors (Lipinski definition) is 11. The highest BCUT2D eigenvalue weighted by atomic mass is 31.2. The SMILES string of the molecule is Nc1nc(NC2CC2)c2ncn([C@H]3C=C[C@@H](CO)C3)c2n1.O=C(CNOCc1ccccc1)OP(=O)(O)O. The van der Waals surface area contributed by atoms with Gasteiger partial charge in [0.05, 0.1) is 19.0 Å². The third-order valence-corrected chi connectivity index (χ3v) is 6.16. The average molecular weight is 548 g/mol. The fourth-order valence-corrected chi connectivity index (χ4v) is 4.11. The second-order valence-electron chi connectivity index (χ2n) is 8.85. The van der Waals surface area contributed by atoms with Crippen LogP contribution in [-0.4, -0.2) is 59.6 Å². The molecule has 1 fully saturated rings. The summed E-state index contributed by atoms with van der Waals surface area (Å²) in [6.07, 6.45) is 9.10. The first-order chi connectivity index (χ1) is 18.2. The van der Waals surface area contributed by atoms with Crippen LogP contribution in [0.5, 0.6) is 0 Å². The highest BCUT2D eigenvalue weighted by molar-refractivity contribution is 7.46. The van der Waals surface area contributed by atoms with Gasteiger partial charge in [0.25, 0.3) is 0 Å². The van der Waals surface area contributed by atoms with Crippen LogP contribution in [0.4, 0.5) is 11.8 Å². The highest BCUT2D eigenvalue weighted by Gasteiger charge is 2.26. The van der Waals surface area contributed by atoms with Crippen LogP contribution in [0.3, 0.4) is 0 Å². The molecule has 1 aromatic carbocycles. The van der Waals surface area contributed by atoms with E-state index >= 15 is 0 Å². The first-order valence-corrected chi connectivity index (χ1v) is 13.5. The molecule has 204 valence electrons. The molecule has 7 N–H and O–H groups in total. The van der Waals surface area contributed by atoms with Gasteiger partial charge in [0.2, 0.25) is 5.95 Å². The van der Waals surface area contributed by atoms with Crippen molar-refractivity contribution in [1.29, 1.82) is 0 Å². The zero-order valence-corrected chi connectivity index (χ0v) is 21.3. The van der Waals surface area contributed by atoms with E-state index in [0.29, 0.717) is 6.04 Å². The smallest absolute Gasteiger partial charge is 0.396 e. The van der Waals surface area contributed by atoms with E-state index in [4.69, 9.17) is 20.4 Å². The van der Waals surface area contributed by atoms with E-state index in [9.17, 15) is 14.5 Å². The normalized spacial score (nSPS) is 18.7. The van der Waals surface area contributed by atoms with Crippen molar-refractivity contribution >= 4 is 36.7 Å². The summed E-state index contributed by atoms with van der Waals surface area (Å²) in [4.78, 5) is 45.4. The first kappa shape index (κ1) is 27.6. The lowest BCUT2D eigenvalue weighted by Crippen LogP contribution is -2.24. The summed E-state index contributed by atoms with van der Waals surface area (Å²) in [5.41, 5.74) is 10.5. The van der Waals surface area contributed by atoms with Crippen molar-refractivity contribution in [3.05, 3.63) is 54.4 Å². The van der Waals surface area contributed by atoms with Gasteiger partial charge in [-0.3, -0.25) is 19.4 Å². The number of phosphoric ester groups is 1. The van der Waals surface area contributed by atoms with E-state index in [0.717, 1.165) is 41.8 Å². The molecule has 0 saturated heterocycles. The Morgan fingerprint density at radius 1 is 1.18 bits per heavy atom. The molecule has 0 unspecified atom stereocenters. The lowest BCUT2D eigenvalue weighted by Gasteiger charge is -2.13. The highest BCUT2D eigenvalue weighted by Crippen LogP contribution is 2.35. The number of benzene rings is 1. The van der Waals surface area contributed by atoms with Gasteiger partial charge in [-0.2, -0.15) is 15.4 Å². The number of aliphatic hydroxyl groups is 1. The number of hydroxylamine groups is 1. The minimum absolute atomic E-state index is 0.162. The van der Waals surface area contributed by atoms with Crippen LogP contribution in [0.15, 0.2) is 48.8 Å².